The van der Waals surface area contributed by atoms with Gasteiger partial charge in [-0.05, 0) is 6.07 Å². The van der Waals surface area contributed by atoms with E-state index in [4.69, 9.17) is 10.3 Å². The number of aromatic nitrogens is 4. The zero-order valence-corrected chi connectivity index (χ0v) is 11.0. The maximum absolute atomic E-state index is 11.5. The summed E-state index contributed by atoms with van der Waals surface area (Å²) in [5, 5.41) is 0.739. The molecule has 3 rings (SSSR count). The lowest BCUT2D eigenvalue weighted by atomic mass is 10.2. The third-order valence-electron chi connectivity index (χ3n) is 2.65. The first-order valence-electron chi connectivity index (χ1n) is 5.64. The third-order valence-corrected chi connectivity index (χ3v) is 3.64. The van der Waals surface area contributed by atoms with Gasteiger partial charge in [0.25, 0.3) is 5.91 Å². The van der Waals surface area contributed by atoms with Crippen LogP contribution >= 0.6 is 11.8 Å². The van der Waals surface area contributed by atoms with E-state index in [1.165, 1.54) is 24.4 Å². The number of thioether (sulfide) groups is 1. The van der Waals surface area contributed by atoms with Crippen LogP contribution in [-0.4, -0.2) is 25.8 Å². The molecule has 0 unspecified atom stereocenters. The van der Waals surface area contributed by atoms with Crippen molar-refractivity contribution < 1.29 is 9.21 Å². The first-order valence-corrected chi connectivity index (χ1v) is 6.62. The molecule has 0 aliphatic rings. The van der Waals surface area contributed by atoms with Crippen LogP contribution in [0.25, 0.3) is 11.2 Å². The summed E-state index contributed by atoms with van der Waals surface area (Å²) in [5.41, 5.74) is 3.85. The Bertz CT molecular complexity index is 752. The van der Waals surface area contributed by atoms with Gasteiger partial charge in [0.1, 0.15) is 22.6 Å². The number of nitrogens with one attached hydrogen (secondary N) is 2. The molecule has 3 aromatic heterocycles. The number of rotatable bonds is 4. The normalized spacial score (nSPS) is 10.8. The minimum absolute atomic E-state index is 0.385. The van der Waals surface area contributed by atoms with E-state index in [-0.39, 0.29) is 5.91 Å². The molecule has 3 aromatic rings. The highest BCUT2D eigenvalue weighted by Crippen LogP contribution is 2.27. The maximum atomic E-state index is 11.5. The number of imidazole rings is 1. The van der Waals surface area contributed by atoms with Crippen molar-refractivity contribution in [2.24, 2.45) is 5.84 Å². The van der Waals surface area contributed by atoms with E-state index < -0.39 is 0 Å². The maximum Gasteiger partial charge on any atom is 0.268 e. The molecule has 20 heavy (non-hydrogen) atoms. The Morgan fingerprint density at radius 2 is 2.35 bits per heavy atom. The molecule has 0 saturated carbocycles. The molecule has 4 N–H and O–H groups in total. The number of hydrogen-bond donors (Lipinski definition) is 3. The minimum Gasteiger partial charge on any atom is -0.468 e. The van der Waals surface area contributed by atoms with Gasteiger partial charge in [-0.15, -0.1) is 0 Å². The molecule has 9 heteroatoms. The predicted octanol–water partition coefficient (Wildman–Crippen LogP) is 0.842. The molecule has 0 aliphatic heterocycles. The van der Waals surface area contributed by atoms with Gasteiger partial charge >= 0.3 is 0 Å². The first-order chi connectivity index (χ1) is 9.79. The van der Waals surface area contributed by atoms with Gasteiger partial charge in [-0.25, -0.2) is 20.8 Å². The fraction of sp³-hybridized carbons (Fsp3) is 0.0909. The largest absolute Gasteiger partial charge is 0.468 e. The highest BCUT2D eigenvalue weighted by atomic mass is 32.2. The van der Waals surface area contributed by atoms with Gasteiger partial charge in [-0.2, -0.15) is 0 Å². The van der Waals surface area contributed by atoms with E-state index in [2.05, 4.69) is 25.4 Å². The number of fused-ring (bicyclic) bond motifs is 1. The van der Waals surface area contributed by atoms with Gasteiger partial charge in [0, 0.05) is 0 Å². The number of furan rings is 1. The zero-order chi connectivity index (χ0) is 13.9. The summed E-state index contributed by atoms with van der Waals surface area (Å²) in [6.45, 7) is 0. The molecule has 0 aliphatic carbocycles. The highest BCUT2D eigenvalue weighted by molar-refractivity contribution is 7.98. The van der Waals surface area contributed by atoms with Crippen molar-refractivity contribution in [3.05, 3.63) is 36.3 Å². The van der Waals surface area contributed by atoms with Crippen LogP contribution < -0.4 is 11.3 Å². The van der Waals surface area contributed by atoms with Crippen molar-refractivity contribution in [2.75, 3.05) is 0 Å². The number of amides is 1. The third kappa shape index (κ3) is 2.24. The standard InChI is InChI=1S/C11H10N6O2S/c12-17-10(18)6-1-2-19-7(6)3-20-11-8-9(14-4-13-8)15-5-16-11/h1-2,4-5H,3,12H2,(H,17,18)(H,13,14,15,16). The molecule has 0 saturated heterocycles. The van der Waals surface area contributed by atoms with Crippen LogP contribution in [0.15, 0.2) is 34.4 Å². The van der Waals surface area contributed by atoms with Crippen LogP contribution in [-0.2, 0) is 5.75 Å². The number of carbonyl (C=O) groups excluding carboxylic acids is 1. The average molecular weight is 290 g/mol. The van der Waals surface area contributed by atoms with Crippen LogP contribution in [0.3, 0.4) is 0 Å². The smallest absolute Gasteiger partial charge is 0.268 e. The molecule has 1 amide bonds. The molecule has 0 spiro atoms. The van der Waals surface area contributed by atoms with Crippen LogP contribution in [0.2, 0.25) is 0 Å². The average Bonchev–Trinajstić information content (AvgIpc) is 3.12. The lowest BCUT2D eigenvalue weighted by Gasteiger charge is -2.02. The summed E-state index contributed by atoms with van der Waals surface area (Å²) in [6, 6.07) is 1.57. The van der Waals surface area contributed by atoms with E-state index in [1.807, 2.05) is 0 Å². The number of nitrogens with zero attached hydrogens (tertiary/aromatic N) is 3. The molecule has 0 bridgehead atoms. The number of aromatic amines is 1. The summed E-state index contributed by atoms with van der Waals surface area (Å²) < 4.78 is 5.30. The lowest BCUT2D eigenvalue weighted by Crippen LogP contribution is -2.30. The molecule has 0 atom stereocenters. The lowest BCUT2D eigenvalue weighted by molar-refractivity contribution is 0.0952. The number of nitrogens with two attached hydrogens (primary N) is 1. The Morgan fingerprint density at radius 3 is 3.20 bits per heavy atom. The zero-order valence-electron chi connectivity index (χ0n) is 10.2. The SMILES string of the molecule is NNC(=O)c1ccoc1CSc1ncnc2nc[nH]c12. The highest BCUT2D eigenvalue weighted by Gasteiger charge is 2.15. The topological polar surface area (TPSA) is 123 Å². The van der Waals surface area contributed by atoms with Crippen LogP contribution in [0.1, 0.15) is 16.1 Å². The van der Waals surface area contributed by atoms with Crippen molar-refractivity contribution in [1.29, 1.82) is 0 Å². The monoisotopic (exact) mass is 290 g/mol. The second kappa shape index (κ2) is 5.31. The summed E-state index contributed by atoms with van der Waals surface area (Å²) in [7, 11) is 0. The van der Waals surface area contributed by atoms with Gasteiger partial charge in [-0.3, -0.25) is 10.2 Å². The fourth-order valence-electron chi connectivity index (χ4n) is 1.72. The number of hydrazine groups is 1. The molecule has 0 radical (unpaired) electrons. The molecule has 0 fully saturated rings. The fourth-order valence-corrected chi connectivity index (χ4v) is 2.63. The summed E-state index contributed by atoms with van der Waals surface area (Å²) in [6.07, 6.45) is 4.46. The quantitative estimate of drug-likeness (QED) is 0.214. The molecular weight excluding hydrogens is 280 g/mol. The Labute approximate surface area is 117 Å². The molecule has 8 nitrogen and oxygen atoms in total. The second-order valence-corrected chi connectivity index (χ2v) is 4.76. The van der Waals surface area contributed by atoms with E-state index in [0.717, 1.165) is 10.5 Å². The number of carbonyl (C=O) groups is 1. The molecular formula is C11H10N6O2S. The summed E-state index contributed by atoms with van der Waals surface area (Å²) in [4.78, 5) is 26.8. The Balaban J connectivity index is 1.82. The van der Waals surface area contributed by atoms with E-state index in [1.54, 1.807) is 12.4 Å². The van der Waals surface area contributed by atoms with Gasteiger partial charge in [0.15, 0.2) is 5.65 Å². The van der Waals surface area contributed by atoms with Crippen molar-refractivity contribution >= 4 is 28.8 Å². The Morgan fingerprint density at radius 1 is 1.45 bits per heavy atom. The van der Waals surface area contributed by atoms with Crippen molar-refractivity contribution in [3.63, 3.8) is 0 Å². The summed E-state index contributed by atoms with van der Waals surface area (Å²) in [5.74, 6) is 5.71. The van der Waals surface area contributed by atoms with Crippen LogP contribution in [0, 0.1) is 0 Å². The van der Waals surface area contributed by atoms with Gasteiger partial charge in [0.2, 0.25) is 0 Å². The molecule has 0 aromatic carbocycles. The van der Waals surface area contributed by atoms with E-state index in [0.29, 0.717) is 22.7 Å². The predicted molar refractivity (Wildman–Crippen MR) is 71.6 cm³/mol. The van der Waals surface area contributed by atoms with Crippen molar-refractivity contribution in [3.8, 4) is 0 Å². The van der Waals surface area contributed by atoms with E-state index in [9.17, 15) is 4.79 Å². The van der Waals surface area contributed by atoms with Crippen molar-refractivity contribution in [1.82, 2.24) is 25.4 Å². The first kappa shape index (κ1) is 12.6. The van der Waals surface area contributed by atoms with Crippen molar-refractivity contribution in [2.45, 2.75) is 10.8 Å². The van der Waals surface area contributed by atoms with Crippen LogP contribution in [0.5, 0.6) is 0 Å². The van der Waals surface area contributed by atoms with Gasteiger partial charge < -0.3 is 9.40 Å². The molecule has 3 heterocycles. The Hall–Kier alpha value is -2.39. The van der Waals surface area contributed by atoms with Gasteiger partial charge in [0.05, 0.1) is 23.9 Å². The van der Waals surface area contributed by atoms with E-state index >= 15 is 0 Å². The number of H-pyrrole nitrogens is 1. The summed E-state index contributed by atoms with van der Waals surface area (Å²) >= 11 is 1.42. The molecule has 102 valence electrons. The Kier molecular flexibility index (Phi) is 3.35. The number of hydrogen-bond acceptors (Lipinski definition) is 7. The van der Waals surface area contributed by atoms with Gasteiger partial charge in [-0.1, -0.05) is 11.8 Å². The van der Waals surface area contributed by atoms with Crippen LogP contribution in [0.4, 0.5) is 0 Å². The number of nitrogen functional groups attached to an aromatic ring is 1. The second-order valence-electron chi connectivity index (χ2n) is 3.80. The minimum atomic E-state index is -0.385.